The fourth-order valence-electron chi connectivity index (χ4n) is 4.50. The zero-order chi connectivity index (χ0) is 22.9. The van der Waals surface area contributed by atoms with Crippen molar-refractivity contribution in [1.29, 1.82) is 0 Å². The average molecular weight is 462 g/mol. The average Bonchev–Trinajstić information content (AvgIpc) is 3.40. The molecule has 32 heavy (non-hydrogen) atoms. The number of allylic oxidation sites excluding steroid dienone is 2. The Kier molecular flexibility index (Phi) is 6.34. The first-order valence-corrected chi connectivity index (χ1v) is 12.3. The topological polar surface area (TPSA) is 113 Å². The molecule has 9 nitrogen and oxygen atoms in total. The molecule has 1 aromatic rings. The molecule has 0 unspecified atom stereocenters. The van der Waals surface area contributed by atoms with E-state index in [2.05, 4.69) is 5.32 Å². The number of rotatable bonds is 7. The first kappa shape index (κ1) is 22.5. The molecule has 2 atom stereocenters. The van der Waals surface area contributed by atoms with E-state index in [-0.39, 0.29) is 28.1 Å². The summed E-state index contributed by atoms with van der Waals surface area (Å²) in [5, 5.41) is 2.62. The number of imide groups is 1. The van der Waals surface area contributed by atoms with Crippen molar-refractivity contribution in [1.82, 2.24) is 9.21 Å². The molecule has 0 saturated carbocycles. The molecule has 2 fully saturated rings. The molecule has 0 radical (unpaired) electrons. The van der Waals surface area contributed by atoms with Crippen LogP contribution in [0.2, 0.25) is 0 Å². The highest BCUT2D eigenvalue weighted by Gasteiger charge is 2.47. The summed E-state index contributed by atoms with van der Waals surface area (Å²) in [5.74, 6) is -1.80. The fraction of sp³-hybridized carbons (Fsp3) is 0.500. The zero-order valence-corrected chi connectivity index (χ0v) is 18.8. The van der Waals surface area contributed by atoms with Crippen LogP contribution >= 0.6 is 0 Å². The molecule has 0 bridgehead atoms. The number of hydrogen-bond acceptors (Lipinski definition) is 6. The highest BCUT2D eigenvalue weighted by molar-refractivity contribution is 7.89. The van der Waals surface area contributed by atoms with E-state index in [1.165, 1.54) is 16.4 Å². The number of carbonyl (C=O) groups is 3. The molecule has 4 rings (SSSR count). The number of carbonyl (C=O) groups excluding carboxylic acids is 3. The van der Waals surface area contributed by atoms with E-state index >= 15 is 0 Å². The minimum atomic E-state index is -3.77. The van der Waals surface area contributed by atoms with Crippen molar-refractivity contribution in [3.63, 3.8) is 0 Å². The van der Waals surface area contributed by atoms with Gasteiger partial charge in [-0.15, -0.1) is 0 Å². The number of nitrogens with zero attached hydrogens (tertiary/aromatic N) is 2. The normalized spacial score (nSPS) is 23.5. The smallest absolute Gasteiger partial charge is 0.246 e. The Bertz CT molecular complexity index is 1040. The van der Waals surface area contributed by atoms with Crippen molar-refractivity contribution < 1.29 is 27.5 Å². The lowest BCUT2D eigenvalue weighted by Crippen LogP contribution is -2.38. The molecular formula is C22H27N3O6S. The second-order valence-corrected chi connectivity index (χ2v) is 10.1. The molecule has 172 valence electrons. The summed E-state index contributed by atoms with van der Waals surface area (Å²) in [5.41, 5.74) is 0.259. The Hall–Kier alpha value is -2.72. The molecule has 3 aliphatic rings. The Morgan fingerprint density at radius 1 is 1.09 bits per heavy atom. The Balaban J connectivity index is 1.51. The van der Waals surface area contributed by atoms with Gasteiger partial charge in [-0.05, 0) is 50.8 Å². The van der Waals surface area contributed by atoms with Crippen LogP contribution < -0.4 is 10.1 Å². The van der Waals surface area contributed by atoms with Crippen LogP contribution in [0.4, 0.5) is 5.69 Å². The van der Waals surface area contributed by atoms with Crippen LogP contribution in [0.25, 0.3) is 0 Å². The van der Waals surface area contributed by atoms with E-state index in [0.717, 1.165) is 17.7 Å². The Morgan fingerprint density at radius 3 is 2.31 bits per heavy atom. The van der Waals surface area contributed by atoms with Crippen LogP contribution in [0, 0.1) is 11.8 Å². The van der Waals surface area contributed by atoms with Crippen LogP contribution in [0.3, 0.4) is 0 Å². The quantitative estimate of drug-likeness (QED) is 0.489. The molecule has 1 aliphatic carbocycles. The fourth-order valence-corrected chi connectivity index (χ4v) is 6.17. The number of hydrogen-bond donors (Lipinski definition) is 1. The van der Waals surface area contributed by atoms with E-state index in [1.54, 1.807) is 13.0 Å². The monoisotopic (exact) mass is 461 g/mol. The van der Waals surface area contributed by atoms with Gasteiger partial charge in [0.05, 0.1) is 18.4 Å². The number of fused-ring (bicyclic) bond motifs is 1. The van der Waals surface area contributed by atoms with Gasteiger partial charge in [-0.3, -0.25) is 19.3 Å². The number of nitrogens with one attached hydrogen (secondary N) is 1. The second-order valence-electron chi connectivity index (χ2n) is 8.17. The number of ether oxygens (including phenoxy) is 1. The predicted molar refractivity (Wildman–Crippen MR) is 116 cm³/mol. The van der Waals surface area contributed by atoms with Crippen LogP contribution in [0.1, 0.15) is 32.6 Å². The Labute approximate surface area is 187 Å². The van der Waals surface area contributed by atoms with E-state index in [0.29, 0.717) is 32.5 Å². The van der Waals surface area contributed by atoms with Gasteiger partial charge in [0.25, 0.3) is 0 Å². The van der Waals surface area contributed by atoms with E-state index in [1.807, 2.05) is 12.2 Å². The number of benzene rings is 1. The predicted octanol–water partition coefficient (Wildman–Crippen LogP) is 1.76. The molecule has 0 spiro atoms. The van der Waals surface area contributed by atoms with Gasteiger partial charge >= 0.3 is 0 Å². The van der Waals surface area contributed by atoms with Gasteiger partial charge in [0.1, 0.15) is 17.2 Å². The molecule has 0 aromatic heterocycles. The summed E-state index contributed by atoms with van der Waals surface area (Å²) in [4.78, 5) is 38.8. The molecule has 1 aromatic carbocycles. The number of sulfonamides is 1. The summed E-state index contributed by atoms with van der Waals surface area (Å²) >= 11 is 0. The van der Waals surface area contributed by atoms with Gasteiger partial charge in [0.15, 0.2) is 0 Å². The van der Waals surface area contributed by atoms with Gasteiger partial charge in [0.2, 0.25) is 27.7 Å². The van der Waals surface area contributed by atoms with Crippen molar-refractivity contribution >= 4 is 33.4 Å². The number of anilines is 1. The van der Waals surface area contributed by atoms with Crippen LogP contribution in [0.15, 0.2) is 35.2 Å². The minimum Gasteiger partial charge on any atom is -0.492 e. The van der Waals surface area contributed by atoms with Gasteiger partial charge < -0.3 is 10.1 Å². The molecule has 2 aliphatic heterocycles. The number of likely N-dealkylation sites (tertiary alicyclic amines) is 1. The van der Waals surface area contributed by atoms with Crippen LogP contribution in [0.5, 0.6) is 5.75 Å². The van der Waals surface area contributed by atoms with Crippen LogP contribution in [-0.2, 0) is 24.4 Å². The summed E-state index contributed by atoms with van der Waals surface area (Å²) in [6.45, 7) is 2.55. The molecule has 10 heteroatoms. The number of amides is 3. The first-order valence-electron chi connectivity index (χ1n) is 10.9. The van der Waals surface area contributed by atoms with Gasteiger partial charge in [-0.1, -0.05) is 12.2 Å². The first-order chi connectivity index (χ1) is 15.3. The summed E-state index contributed by atoms with van der Waals surface area (Å²) in [6.07, 6.45) is 6.38. The van der Waals surface area contributed by atoms with Crippen molar-refractivity contribution in [2.75, 3.05) is 31.6 Å². The molecule has 2 saturated heterocycles. The minimum absolute atomic E-state index is 0.00975. The summed E-state index contributed by atoms with van der Waals surface area (Å²) in [6, 6.07) is 4.42. The van der Waals surface area contributed by atoms with Crippen molar-refractivity contribution in [2.24, 2.45) is 11.8 Å². The second kappa shape index (κ2) is 9.03. The van der Waals surface area contributed by atoms with Gasteiger partial charge in [-0.2, -0.15) is 4.31 Å². The highest BCUT2D eigenvalue weighted by Crippen LogP contribution is 2.35. The summed E-state index contributed by atoms with van der Waals surface area (Å²) < 4.78 is 33.1. The third-order valence-corrected chi connectivity index (χ3v) is 8.03. The van der Waals surface area contributed by atoms with Gasteiger partial charge in [0, 0.05) is 18.8 Å². The molecular weight excluding hydrogens is 434 g/mol. The largest absolute Gasteiger partial charge is 0.492 e. The van der Waals surface area contributed by atoms with E-state index in [4.69, 9.17) is 4.74 Å². The molecule has 3 amide bonds. The maximum absolute atomic E-state index is 13.1. The lowest BCUT2D eigenvalue weighted by molar-refractivity contribution is -0.142. The van der Waals surface area contributed by atoms with Gasteiger partial charge in [-0.25, -0.2) is 8.42 Å². The Morgan fingerprint density at radius 2 is 1.72 bits per heavy atom. The maximum atomic E-state index is 13.1. The van der Waals surface area contributed by atoms with E-state index in [9.17, 15) is 22.8 Å². The SMILES string of the molecule is CCOc1ccc(NC(=O)CN2C(=O)[C@@H]3CC=CC[C@H]3C2=O)cc1S(=O)(=O)N1CCCC1. The van der Waals surface area contributed by atoms with Crippen molar-refractivity contribution in [3.8, 4) is 5.75 Å². The molecule has 1 N–H and O–H groups in total. The lowest BCUT2D eigenvalue weighted by Gasteiger charge is -2.19. The zero-order valence-electron chi connectivity index (χ0n) is 18.0. The van der Waals surface area contributed by atoms with E-state index < -0.39 is 34.3 Å². The van der Waals surface area contributed by atoms with Crippen molar-refractivity contribution in [3.05, 3.63) is 30.4 Å². The maximum Gasteiger partial charge on any atom is 0.246 e. The third kappa shape index (κ3) is 4.16. The summed E-state index contributed by atoms with van der Waals surface area (Å²) in [7, 11) is -3.77. The molecule has 2 heterocycles. The standard InChI is InChI=1S/C22H27N3O6S/c1-2-31-18-10-9-15(13-19(18)32(29,30)24-11-5-6-12-24)23-20(26)14-25-21(27)16-7-3-4-8-17(16)22(25)28/h3-4,9-10,13,16-17H,2,5-8,11-12,14H2,1H3,(H,23,26)/t16-,17-/m1/s1. The highest BCUT2D eigenvalue weighted by atomic mass is 32.2. The lowest BCUT2D eigenvalue weighted by atomic mass is 9.85. The third-order valence-electron chi connectivity index (χ3n) is 6.11. The van der Waals surface area contributed by atoms with Crippen molar-refractivity contribution in [2.45, 2.75) is 37.5 Å². The van der Waals surface area contributed by atoms with Crippen LogP contribution in [-0.4, -0.2) is 61.6 Å².